The van der Waals surface area contributed by atoms with Gasteiger partial charge in [0.05, 0.1) is 11.7 Å². The Kier molecular flexibility index (Phi) is 3.88. The SMILES string of the molecule is O=C(c1ccccn1)N1CCC(n2nc(C3CC3)ccc2=O)CC1. The molecule has 124 valence electrons. The lowest BCUT2D eigenvalue weighted by atomic mass is 10.0. The van der Waals surface area contributed by atoms with Crippen LogP contribution in [-0.2, 0) is 0 Å². The maximum absolute atomic E-state index is 12.4. The Morgan fingerprint density at radius 2 is 1.83 bits per heavy atom. The molecule has 6 nitrogen and oxygen atoms in total. The number of amides is 1. The molecule has 3 heterocycles. The topological polar surface area (TPSA) is 68.1 Å². The summed E-state index contributed by atoms with van der Waals surface area (Å²) in [4.78, 5) is 30.5. The molecule has 0 aromatic carbocycles. The highest BCUT2D eigenvalue weighted by Crippen LogP contribution is 2.38. The molecule has 1 saturated carbocycles. The molecule has 2 fully saturated rings. The second-order valence-corrected chi connectivity index (χ2v) is 6.55. The highest BCUT2D eigenvalue weighted by Gasteiger charge is 2.29. The van der Waals surface area contributed by atoms with Gasteiger partial charge in [-0.1, -0.05) is 6.07 Å². The van der Waals surface area contributed by atoms with E-state index in [0.29, 0.717) is 24.7 Å². The van der Waals surface area contributed by atoms with Gasteiger partial charge in [-0.2, -0.15) is 5.10 Å². The number of carbonyl (C=O) groups excluding carboxylic acids is 1. The average molecular weight is 324 g/mol. The molecule has 0 spiro atoms. The van der Waals surface area contributed by atoms with Crippen molar-refractivity contribution < 1.29 is 4.79 Å². The predicted molar refractivity (Wildman–Crippen MR) is 88.9 cm³/mol. The zero-order valence-corrected chi connectivity index (χ0v) is 13.5. The fourth-order valence-electron chi connectivity index (χ4n) is 3.26. The molecule has 2 aliphatic rings. The minimum Gasteiger partial charge on any atom is -0.337 e. The first-order valence-corrected chi connectivity index (χ1v) is 8.52. The number of aromatic nitrogens is 3. The smallest absolute Gasteiger partial charge is 0.272 e. The monoisotopic (exact) mass is 324 g/mol. The van der Waals surface area contributed by atoms with E-state index < -0.39 is 0 Å². The summed E-state index contributed by atoms with van der Waals surface area (Å²) in [6.07, 6.45) is 5.47. The minimum atomic E-state index is -0.0473. The molecule has 0 radical (unpaired) electrons. The van der Waals surface area contributed by atoms with Gasteiger partial charge in [0.15, 0.2) is 0 Å². The molecule has 24 heavy (non-hydrogen) atoms. The lowest BCUT2D eigenvalue weighted by Crippen LogP contribution is -2.41. The molecule has 0 bridgehead atoms. The highest BCUT2D eigenvalue weighted by molar-refractivity contribution is 5.92. The van der Waals surface area contributed by atoms with Gasteiger partial charge in [0.1, 0.15) is 5.69 Å². The van der Waals surface area contributed by atoms with Crippen LogP contribution in [0.3, 0.4) is 0 Å². The van der Waals surface area contributed by atoms with E-state index in [-0.39, 0.29) is 17.5 Å². The highest BCUT2D eigenvalue weighted by atomic mass is 16.2. The zero-order valence-electron chi connectivity index (χ0n) is 13.5. The zero-order chi connectivity index (χ0) is 16.5. The van der Waals surface area contributed by atoms with Crippen LogP contribution in [0.5, 0.6) is 0 Å². The van der Waals surface area contributed by atoms with Gasteiger partial charge in [-0.05, 0) is 43.9 Å². The summed E-state index contributed by atoms with van der Waals surface area (Å²) in [5.74, 6) is 0.490. The quantitative estimate of drug-likeness (QED) is 0.866. The number of piperidine rings is 1. The van der Waals surface area contributed by atoms with E-state index in [1.54, 1.807) is 29.1 Å². The first-order valence-electron chi connectivity index (χ1n) is 8.52. The van der Waals surface area contributed by atoms with Crippen LogP contribution < -0.4 is 5.56 Å². The van der Waals surface area contributed by atoms with E-state index in [9.17, 15) is 9.59 Å². The first kappa shape index (κ1) is 15.1. The molecule has 1 saturated heterocycles. The summed E-state index contributed by atoms with van der Waals surface area (Å²) in [6, 6.07) is 8.92. The number of carbonyl (C=O) groups is 1. The minimum absolute atomic E-state index is 0.0407. The van der Waals surface area contributed by atoms with E-state index >= 15 is 0 Å². The molecule has 4 rings (SSSR count). The van der Waals surface area contributed by atoms with Crippen molar-refractivity contribution in [2.24, 2.45) is 0 Å². The summed E-state index contributed by atoms with van der Waals surface area (Å²) in [7, 11) is 0. The average Bonchev–Trinajstić information content (AvgIpc) is 3.48. The van der Waals surface area contributed by atoms with Crippen LogP contribution in [0.1, 0.15) is 53.8 Å². The van der Waals surface area contributed by atoms with E-state index in [4.69, 9.17) is 0 Å². The predicted octanol–water partition coefficient (Wildman–Crippen LogP) is 1.99. The van der Waals surface area contributed by atoms with Crippen LogP contribution in [0.15, 0.2) is 41.3 Å². The fourth-order valence-corrected chi connectivity index (χ4v) is 3.26. The summed E-state index contributed by atoms with van der Waals surface area (Å²) in [5.41, 5.74) is 1.46. The number of hydrogen-bond donors (Lipinski definition) is 0. The summed E-state index contributed by atoms with van der Waals surface area (Å²) in [6.45, 7) is 1.25. The van der Waals surface area contributed by atoms with E-state index in [1.165, 1.54) is 12.8 Å². The molecular formula is C18H20N4O2. The molecule has 0 unspecified atom stereocenters. The van der Waals surface area contributed by atoms with Crippen molar-refractivity contribution in [2.75, 3.05) is 13.1 Å². The van der Waals surface area contributed by atoms with Gasteiger partial charge in [0, 0.05) is 31.3 Å². The van der Waals surface area contributed by atoms with Crippen LogP contribution in [0, 0.1) is 0 Å². The van der Waals surface area contributed by atoms with Crippen molar-refractivity contribution in [1.29, 1.82) is 0 Å². The maximum atomic E-state index is 12.4. The van der Waals surface area contributed by atoms with Gasteiger partial charge in [0.25, 0.3) is 11.5 Å². The first-order chi connectivity index (χ1) is 11.7. The Balaban J connectivity index is 1.46. The number of rotatable bonds is 3. The standard InChI is InChI=1S/C18H20N4O2/c23-17-7-6-15(13-4-5-13)20-22(17)14-8-11-21(12-9-14)18(24)16-3-1-2-10-19-16/h1-3,6-7,10,13-14H,4-5,8-9,11-12H2. The maximum Gasteiger partial charge on any atom is 0.272 e. The Morgan fingerprint density at radius 1 is 1.04 bits per heavy atom. The van der Waals surface area contributed by atoms with Crippen molar-refractivity contribution in [1.82, 2.24) is 19.7 Å². The van der Waals surface area contributed by atoms with Crippen LogP contribution in [0.4, 0.5) is 0 Å². The lowest BCUT2D eigenvalue weighted by molar-refractivity contribution is 0.0681. The van der Waals surface area contributed by atoms with E-state index in [0.717, 1.165) is 18.5 Å². The number of hydrogen-bond acceptors (Lipinski definition) is 4. The molecule has 0 N–H and O–H groups in total. The van der Waals surface area contributed by atoms with Crippen LogP contribution in [0.2, 0.25) is 0 Å². The van der Waals surface area contributed by atoms with E-state index in [2.05, 4.69) is 10.1 Å². The number of pyridine rings is 1. The second kappa shape index (κ2) is 6.19. The van der Waals surface area contributed by atoms with Crippen molar-refractivity contribution in [3.05, 3.63) is 58.3 Å². The molecule has 1 amide bonds. The molecule has 2 aromatic heterocycles. The summed E-state index contributed by atoms with van der Waals surface area (Å²) >= 11 is 0. The third-order valence-electron chi connectivity index (χ3n) is 4.82. The van der Waals surface area contributed by atoms with Crippen molar-refractivity contribution in [3.63, 3.8) is 0 Å². The van der Waals surface area contributed by atoms with Crippen molar-refractivity contribution in [3.8, 4) is 0 Å². The van der Waals surface area contributed by atoms with Gasteiger partial charge < -0.3 is 4.90 Å². The Bertz CT molecular complexity index is 790. The normalized spacial score (nSPS) is 18.6. The summed E-state index contributed by atoms with van der Waals surface area (Å²) in [5, 5.41) is 4.57. The molecule has 6 heteroatoms. The molecule has 1 aliphatic carbocycles. The third-order valence-corrected chi connectivity index (χ3v) is 4.82. The van der Waals surface area contributed by atoms with Gasteiger partial charge in [-0.3, -0.25) is 14.6 Å². The molecule has 2 aromatic rings. The van der Waals surface area contributed by atoms with Crippen LogP contribution in [-0.4, -0.2) is 38.7 Å². The second-order valence-electron chi connectivity index (χ2n) is 6.55. The summed E-state index contributed by atoms with van der Waals surface area (Å²) < 4.78 is 1.64. The van der Waals surface area contributed by atoms with Crippen molar-refractivity contribution >= 4 is 5.91 Å². The van der Waals surface area contributed by atoms with Crippen LogP contribution >= 0.6 is 0 Å². The van der Waals surface area contributed by atoms with E-state index in [1.807, 2.05) is 17.0 Å². The fraction of sp³-hybridized carbons (Fsp3) is 0.444. The van der Waals surface area contributed by atoms with Gasteiger partial charge >= 0.3 is 0 Å². The molecule has 0 atom stereocenters. The number of nitrogens with zero attached hydrogens (tertiary/aromatic N) is 4. The third kappa shape index (κ3) is 2.96. The number of likely N-dealkylation sites (tertiary alicyclic amines) is 1. The Labute approximate surface area is 140 Å². The van der Waals surface area contributed by atoms with Gasteiger partial charge in [0.2, 0.25) is 0 Å². The largest absolute Gasteiger partial charge is 0.337 e. The Morgan fingerprint density at radius 3 is 2.50 bits per heavy atom. The molecular weight excluding hydrogens is 304 g/mol. The Hall–Kier alpha value is -2.50. The molecule has 1 aliphatic heterocycles. The van der Waals surface area contributed by atoms with Crippen molar-refractivity contribution in [2.45, 2.75) is 37.6 Å². The van der Waals surface area contributed by atoms with Gasteiger partial charge in [-0.15, -0.1) is 0 Å². The van der Waals surface area contributed by atoms with Gasteiger partial charge in [-0.25, -0.2) is 4.68 Å². The lowest BCUT2D eigenvalue weighted by Gasteiger charge is -2.32. The van der Waals surface area contributed by atoms with Crippen LogP contribution in [0.25, 0.3) is 0 Å².